The zero-order valence-electron chi connectivity index (χ0n) is 12.0. The van der Waals surface area contributed by atoms with Gasteiger partial charge in [-0.1, -0.05) is 6.92 Å². The van der Waals surface area contributed by atoms with Crippen LogP contribution >= 0.6 is 0 Å². The van der Waals surface area contributed by atoms with Gasteiger partial charge in [0.1, 0.15) is 19.0 Å². The van der Waals surface area contributed by atoms with E-state index < -0.39 is 5.97 Å². The lowest BCUT2D eigenvalue weighted by atomic mass is 9.90. The smallest absolute Gasteiger partial charge is 0.306 e. The number of ether oxygens (including phenoxy) is 2. The molecule has 3 atom stereocenters. The van der Waals surface area contributed by atoms with Gasteiger partial charge in [0.05, 0.1) is 5.92 Å². The molecule has 2 aliphatic rings. The molecule has 4 nitrogen and oxygen atoms in total. The monoisotopic (exact) mass is 294 g/mol. The van der Waals surface area contributed by atoms with Gasteiger partial charge in [0.15, 0.2) is 11.5 Å². The number of aliphatic carboxylic acids is 1. The minimum absolute atomic E-state index is 0.0233. The average molecular weight is 294 g/mol. The fourth-order valence-corrected chi connectivity index (χ4v) is 3.08. The molecule has 1 aliphatic carbocycles. The number of fused-ring (bicyclic) bond motifs is 1. The molecule has 3 unspecified atom stereocenters. The van der Waals surface area contributed by atoms with Crippen LogP contribution in [0.5, 0.6) is 11.5 Å². The van der Waals surface area contributed by atoms with E-state index in [2.05, 4.69) is 0 Å². The van der Waals surface area contributed by atoms with Crippen LogP contribution in [0.2, 0.25) is 0 Å². The van der Waals surface area contributed by atoms with E-state index in [4.69, 9.17) is 14.6 Å². The Morgan fingerprint density at radius 1 is 1.38 bits per heavy atom. The van der Waals surface area contributed by atoms with E-state index in [1.54, 1.807) is 6.07 Å². The molecule has 1 aromatic rings. The van der Waals surface area contributed by atoms with Crippen molar-refractivity contribution in [2.24, 2.45) is 11.8 Å². The predicted molar refractivity (Wildman–Crippen MR) is 74.3 cm³/mol. The summed E-state index contributed by atoms with van der Waals surface area (Å²) in [5.74, 6) is -0.0560. The summed E-state index contributed by atoms with van der Waals surface area (Å²) in [6.07, 6.45) is 2.20. The van der Waals surface area contributed by atoms with Crippen molar-refractivity contribution in [1.82, 2.24) is 0 Å². The van der Waals surface area contributed by atoms with Gasteiger partial charge in [-0.15, -0.1) is 0 Å². The van der Waals surface area contributed by atoms with Gasteiger partial charge < -0.3 is 14.6 Å². The number of carbonyl (C=O) groups is 1. The minimum atomic E-state index is -0.738. The third-order valence-electron chi connectivity index (χ3n) is 4.42. The van der Waals surface area contributed by atoms with Crippen LogP contribution in [-0.2, 0) is 4.79 Å². The largest absolute Gasteiger partial charge is 0.486 e. The number of halogens is 1. The van der Waals surface area contributed by atoms with Gasteiger partial charge in [0.25, 0.3) is 0 Å². The standard InChI is InChI=1S/C16H19FO4/c1-2-9(5-10-6-12(10)16(18)19)11-7-14-15(8-13(11)17)21-4-3-20-14/h7-10,12H,2-6H2,1H3,(H,18,19). The van der Waals surface area contributed by atoms with Crippen molar-refractivity contribution in [3.63, 3.8) is 0 Å². The normalized spacial score (nSPS) is 24.5. The molecule has 3 rings (SSSR count). The molecule has 0 saturated heterocycles. The molecule has 1 aromatic carbocycles. The molecule has 1 fully saturated rings. The van der Waals surface area contributed by atoms with Crippen molar-refractivity contribution in [1.29, 1.82) is 0 Å². The summed E-state index contributed by atoms with van der Waals surface area (Å²) in [5, 5.41) is 8.98. The summed E-state index contributed by atoms with van der Waals surface area (Å²) >= 11 is 0. The summed E-state index contributed by atoms with van der Waals surface area (Å²) in [6.45, 7) is 2.91. The Morgan fingerprint density at radius 3 is 2.62 bits per heavy atom. The van der Waals surface area contributed by atoms with E-state index in [-0.39, 0.29) is 23.6 Å². The second-order valence-corrected chi connectivity index (χ2v) is 5.80. The van der Waals surface area contributed by atoms with Crippen molar-refractivity contribution >= 4 is 5.97 Å². The maximum Gasteiger partial charge on any atom is 0.306 e. The molecule has 0 radical (unpaired) electrons. The van der Waals surface area contributed by atoms with E-state index in [1.165, 1.54) is 6.07 Å². The Labute approximate surface area is 122 Å². The molecule has 0 bridgehead atoms. The Hall–Kier alpha value is -1.78. The Bertz CT molecular complexity index is 557. The number of rotatable bonds is 5. The van der Waals surface area contributed by atoms with Gasteiger partial charge in [-0.2, -0.15) is 0 Å². The SMILES string of the molecule is CCC(CC1CC1C(=O)O)c1cc2c(cc1F)OCCO2. The summed E-state index contributed by atoms with van der Waals surface area (Å²) in [6, 6.07) is 3.10. The first-order valence-electron chi connectivity index (χ1n) is 7.42. The molecular weight excluding hydrogens is 275 g/mol. The summed E-state index contributed by atoms with van der Waals surface area (Å²) < 4.78 is 25.2. The third kappa shape index (κ3) is 2.82. The van der Waals surface area contributed by atoms with E-state index >= 15 is 0 Å². The Balaban J connectivity index is 1.79. The first-order chi connectivity index (χ1) is 10.1. The number of carboxylic acid groups (broad SMARTS) is 1. The van der Waals surface area contributed by atoms with Gasteiger partial charge in [0.2, 0.25) is 0 Å². The highest BCUT2D eigenvalue weighted by atomic mass is 19.1. The first kappa shape index (κ1) is 14.2. The van der Waals surface area contributed by atoms with Gasteiger partial charge in [-0.05, 0) is 42.7 Å². The van der Waals surface area contributed by atoms with Crippen molar-refractivity contribution in [3.8, 4) is 11.5 Å². The lowest BCUT2D eigenvalue weighted by molar-refractivity contribution is -0.138. The summed E-state index contributed by atoms with van der Waals surface area (Å²) in [5.41, 5.74) is 0.609. The maximum atomic E-state index is 14.3. The van der Waals surface area contributed by atoms with Crippen molar-refractivity contribution in [3.05, 3.63) is 23.5 Å². The molecule has 1 N–H and O–H groups in total. The molecule has 0 amide bonds. The van der Waals surface area contributed by atoms with Crippen LogP contribution in [0.3, 0.4) is 0 Å². The van der Waals surface area contributed by atoms with Crippen LogP contribution in [0.15, 0.2) is 12.1 Å². The van der Waals surface area contributed by atoms with Crippen LogP contribution < -0.4 is 9.47 Å². The molecule has 1 heterocycles. The van der Waals surface area contributed by atoms with Crippen LogP contribution in [0.4, 0.5) is 4.39 Å². The van der Waals surface area contributed by atoms with Crippen molar-refractivity contribution in [2.45, 2.75) is 32.1 Å². The van der Waals surface area contributed by atoms with Crippen molar-refractivity contribution in [2.75, 3.05) is 13.2 Å². The molecule has 0 aromatic heterocycles. The van der Waals surface area contributed by atoms with Gasteiger partial charge in [0, 0.05) is 6.07 Å². The minimum Gasteiger partial charge on any atom is -0.486 e. The van der Waals surface area contributed by atoms with Crippen LogP contribution in [0.25, 0.3) is 0 Å². The quantitative estimate of drug-likeness (QED) is 0.906. The lowest BCUT2D eigenvalue weighted by Gasteiger charge is -2.22. The summed E-state index contributed by atoms with van der Waals surface area (Å²) in [7, 11) is 0. The number of carboxylic acids is 1. The highest BCUT2D eigenvalue weighted by Crippen LogP contribution is 2.47. The fraction of sp³-hybridized carbons (Fsp3) is 0.562. The predicted octanol–water partition coefficient (Wildman–Crippen LogP) is 3.20. The zero-order chi connectivity index (χ0) is 15.0. The topological polar surface area (TPSA) is 55.8 Å². The van der Waals surface area contributed by atoms with E-state index in [9.17, 15) is 9.18 Å². The summed E-state index contributed by atoms with van der Waals surface area (Å²) in [4.78, 5) is 10.9. The molecule has 1 saturated carbocycles. The highest BCUT2D eigenvalue weighted by Gasteiger charge is 2.44. The Kier molecular flexibility index (Phi) is 3.74. The molecule has 1 aliphatic heterocycles. The van der Waals surface area contributed by atoms with Gasteiger partial charge >= 0.3 is 5.97 Å². The Morgan fingerprint density at radius 2 is 2.05 bits per heavy atom. The zero-order valence-corrected chi connectivity index (χ0v) is 12.0. The molecule has 5 heteroatoms. The maximum absolute atomic E-state index is 14.3. The number of hydrogen-bond donors (Lipinski definition) is 1. The lowest BCUT2D eigenvalue weighted by Crippen LogP contribution is -2.16. The molecule has 114 valence electrons. The molecule has 0 spiro atoms. The highest BCUT2D eigenvalue weighted by molar-refractivity contribution is 5.73. The average Bonchev–Trinajstić information content (AvgIpc) is 3.24. The van der Waals surface area contributed by atoms with E-state index in [0.29, 0.717) is 43.1 Å². The van der Waals surface area contributed by atoms with Crippen LogP contribution in [0.1, 0.15) is 37.7 Å². The van der Waals surface area contributed by atoms with Gasteiger partial charge in [-0.3, -0.25) is 4.79 Å². The van der Waals surface area contributed by atoms with Crippen molar-refractivity contribution < 1.29 is 23.8 Å². The second-order valence-electron chi connectivity index (χ2n) is 5.80. The van der Waals surface area contributed by atoms with E-state index in [0.717, 1.165) is 6.42 Å². The fourth-order valence-electron chi connectivity index (χ4n) is 3.08. The number of hydrogen-bond acceptors (Lipinski definition) is 3. The molecule has 21 heavy (non-hydrogen) atoms. The third-order valence-corrected chi connectivity index (χ3v) is 4.42. The first-order valence-corrected chi connectivity index (χ1v) is 7.42. The second kappa shape index (κ2) is 5.54. The van der Waals surface area contributed by atoms with Crippen LogP contribution in [0, 0.1) is 17.7 Å². The van der Waals surface area contributed by atoms with Crippen LogP contribution in [-0.4, -0.2) is 24.3 Å². The molecular formula is C16H19FO4. The number of benzene rings is 1. The van der Waals surface area contributed by atoms with Gasteiger partial charge in [-0.25, -0.2) is 4.39 Å². The van der Waals surface area contributed by atoms with E-state index in [1.807, 2.05) is 6.92 Å².